The van der Waals surface area contributed by atoms with Crippen LogP contribution in [0.2, 0.25) is 0 Å². The van der Waals surface area contributed by atoms with Crippen LogP contribution in [-0.2, 0) is 27.3 Å². The van der Waals surface area contributed by atoms with E-state index in [-0.39, 0.29) is 52.7 Å². The molecule has 1 spiro atoms. The van der Waals surface area contributed by atoms with Gasteiger partial charge in [-0.25, -0.2) is 4.39 Å². The van der Waals surface area contributed by atoms with Gasteiger partial charge in [-0.05, 0) is 162 Å². The number of carbonyl (C=O) groups is 4. The van der Waals surface area contributed by atoms with E-state index in [1.54, 1.807) is 17.2 Å². The van der Waals surface area contributed by atoms with Crippen LogP contribution in [0.25, 0.3) is 32.9 Å². The van der Waals surface area contributed by atoms with Crippen molar-refractivity contribution in [3.05, 3.63) is 77.2 Å². The van der Waals surface area contributed by atoms with Crippen molar-refractivity contribution in [2.24, 2.45) is 22.2 Å². The third kappa shape index (κ3) is 9.75. The number of hydrogen-bond acceptors (Lipinski definition) is 14. The maximum Gasteiger partial charge on any atom is 0.319 e. The molecule has 2 saturated carbocycles. The Morgan fingerprint density at radius 3 is 2.35 bits per heavy atom. The SMILES string of the molecule is CCc1cccc2cc(OC(=O)C(C)(C)C)cc(-c3ncc4c(N5CC6CCC(C5)N6)nc(OCC5(CN6CCC7(CC6)CC(CN6CCN(c8ccc9c(c8)CN([C@H]8CCC(=O)NC8=O)C9=O)CC6)C7)CC5)nc4c3F)c12. The number of halogens is 1. The number of likely N-dealkylation sites (tertiary alicyclic amines) is 1. The Hall–Kier alpha value is -6.30. The van der Waals surface area contributed by atoms with Crippen molar-refractivity contribution in [3.63, 3.8) is 0 Å². The summed E-state index contributed by atoms with van der Waals surface area (Å²) in [5.74, 6) is 0.0117. The second-order valence-corrected chi connectivity index (χ2v) is 25.4. The molecule has 2 bridgehead atoms. The van der Waals surface area contributed by atoms with Gasteiger partial charge in [-0.1, -0.05) is 25.1 Å². The molecule has 2 aromatic heterocycles. The highest BCUT2D eigenvalue weighted by molar-refractivity contribution is 6.06. The first-order valence-electron chi connectivity index (χ1n) is 28.8. The Kier molecular flexibility index (Phi) is 13.0. The Labute approximate surface area is 455 Å². The zero-order chi connectivity index (χ0) is 53.7. The molecule has 410 valence electrons. The highest BCUT2D eigenvalue weighted by atomic mass is 19.1. The van der Waals surface area contributed by atoms with Crippen LogP contribution in [0, 0.1) is 28.0 Å². The van der Waals surface area contributed by atoms with Crippen molar-refractivity contribution in [2.45, 2.75) is 123 Å². The Morgan fingerprint density at radius 2 is 1.63 bits per heavy atom. The van der Waals surface area contributed by atoms with Crippen molar-refractivity contribution >= 4 is 56.9 Å². The van der Waals surface area contributed by atoms with Crippen LogP contribution >= 0.6 is 0 Å². The Morgan fingerprint density at radius 1 is 0.859 bits per heavy atom. The Bertz CT molecular complexity index is 3210. The molecule has 2 aliphatic carbocycles. The van der Waals surface area contributed by atoms with E-state index in [4.69, 9.17) is 24.4 Å². The van der Waals surface area contributed by atoms with E-state index >= 15 is 4.39 Å². The van der Waals surface area contributed by atoms with E-state index in [9.17, 15) is 19.2 Å². The van der Waals surface area contributed by atoms with E-state index in [1.807, 2.05) is 51.1 Å². The molecule has 6 aliphatic heterocycles. The fourth-order valence-corrected chi connectivity index (χ4v) is 14.2. The minimum absolute atomic E-state index is 0.0110. The third-order valence-electron chi connectivity index (χ3n) is 18.8. The van der Waals surface area contributed by atoms with E-state index in [1.165, 1.54) is 25.7 Å². The van der Waals surface area contributed by atoms with Crippen LogP contribution < -0.4 is 29.9 Å². The summed E-state index contributed by atoms with van der Waals surface area (Å²) in [6, 6.07) is 15.9. The maximum absolute atomic E-state index is 17.6. The molecule has 2 unspecified atom stereocenters. The quantitative estimate of drug-likeness (QED) is 0.0670. The Balaban J connectivity index is 0.641. The van der Waals surface area contributed by atoms with Gasteiger partial charge < -0.3 is 34.4 Å². The molecule has 78 heavy (non-hydrogen) atoms. The summed E-state index contributed by atoms with van der Waals surface area (Å²) in [7, 11) is 0. The molecule has 17 heteroatoms. The lowest BCUT2D eigenvalue weighted by Gasteiger charge is -2.54. The monoisotopic (exact) mass is 1060 g/mol. The van der Waals surface area contributed by atoms with E-state index < -0.39 is 17.3 Å². The number of imide groups is 1. The zero-order valence-corrected chi connectivity index (χ0v) is 45.7. The molecule has 5 aromatic rings. The summed E-state index contributed by atoms with van der Waals surface area (Å²) in [5, 5.41) is 8.38. The summed E-state index contributed by atoms with van der Waals surface area (Å²) < 4.78 is 30.2. The smallest absolute Gasteiger partial charge is 0.319 e. The lowest BCUT2D eigenvalue weighted by atomic mass is 9.57. The second-order valence-electron chi connectivity index (χ2n) is 25.4. The van der Waals surface area contributed by atoms with Crippen LogP contribution in [0.1, 0.15) is 113 Å². The molecule has 16 nitrogen and oxygen atoms in total. The summed E-state index contributed by atoms with van der Waals surface area (Å²) in [6.07, 6.45) is 12.5. The molecule has 2 N–H and O–H groups in total. The standard InChI is InChI=1S/C61H73FN10O6/c1-5-38-7-6-8-39-26-44(78-57(76)59(2,3)4)27-46(50(38)39)52-51(62)53-47(30-63-52)54(71-33-41-9-10-42(34-71)64-41)67-58(66-53)77-36-61(15-16-61)35-69-19-17-60(18-20-69)28-37(29-60)31-68-21-23-70(24-22-68)43-11-12-45-40(25-43)32-72(56(45)75)48-13-14-49(73)65-55(48)74/h6-8,11-12,25-27,30,37,41-42,48,64H,5,9-10,13-24,28-29,31-36H2,1-4H3,(H,65,73,74)/t41?,42?,48-/m0/s1. The van der Waals surface area contributed by atoms with Crippen molar-refractivity contribution in [3.8, 4) is 23.0 Å². The van der Waals surface area contributed by atoms with Gasteiger partial charge in [0.1, 0.15) is 28.8 Å². The van der Waals surface area contributed by atoms with Gasteiger partial charge in [0, 0.05) is 106 Å². The van der Waals surface area contributed by atoms with Gasteiger partial charge in [0.2, 0.25) is 11.8 Å². The van der Waals surface area contributed by atoms with Crippen LogP contribution in [0.3, 0.4) is 0 Å². The number of fused-ring (bicyclic) bond motifs is 5. The average Bonchev–Trinajstić information content (AvgIpc) is 4.14. The molecule has 3 aromatic carbocycles. The molecule has 8 heterocycles. The number of pyridine rings is 1. The van der Waals surface area contributed by atoms with Gasteiger partial charge in [-0.3, -0.25) is 34.4 Å². The molecular weight excluding hydrogens is 988 g/mol. The molecule has 8 aliphatic rings. The minimum atomic E-state index is -0.730. The third-order valence-corrected chi connectivity index (χ3v) is 18.8. The normalized spacial score (nSPS) is 24.2. The summed E-state index contributed by atoms with van der Waals surface area (Å²) >= 11 is 0. The summed E-state index contributed by atoms with van der Waals surface area (Å²) in [6.45, 7) is 18.1. The number of hydrogen-bond donors (Lipinski definition) is 2. The number of ether oxygens (including phenoxy) is 2. The fraction of sp³-hybridized carbons (Fsp3) is 0.557. The second kappa shape index (κ2) is 19.8. The number of esters is 1. The molecule has 13 rings (SSSR count). The number of piperidine rings is 2. The largest absolute Gasteiger partial charge is 0.463 e. The summed E-state index contributed by atoms with van der Waals surface area (Å²) in [5.41, 5.74) is 4.36. The summed E-state index contributed by atoms with van der Waals surface area (Å²) in [4.78, 5) is 77.1. The van der Waals surface area contributed by atoms with E-state index in [0.717, 1.165) is 131 Å². The predicted octanol–water partition coefficient (Wildman–Crippen LogP) is 7.67. The van der Waals surface area contributed by atoms with Crippen LogP contribution in [0.15, 0.2) is 54.7 Å². The number of anilines is 2. The van der Waals surface area contributed by atoms with Gasteiger partial charge in [0.15, 0.2) is 5.82 Å². The van der Waals surface area contributed by atoms with E-state index in [2.05, 4.69) is 49.3 Å². The fourth-order valence-electron chi connectivity index (χ4n) is 14.2. The maximum atomic E-state index is 17.6. The zero-order valence-electron chi connectivity index (χ0n) is 45.7. The van der Waals surface area contributed by atoms with Gasteiger partial charge in [0.05, 0.1) is 17.4 Å². The highest BCUT2D eigenvalue weighted by Gasteiger charge is 2.50. The number of nitrogens with zero attached hydrogens (tertiary/aromatic N) is 8. The van der Waals surface area contributed by atoms with Crippen molar-refractivity contribution in [1.82, 2.24) is 40.3 Å². The van der Waals surface area contributed by atoms with Crippen molar-refractivity contribution in [2.75, 3.05) is 81.9 Å². The van der Waals surface area contributed by atoms with Gasteiger partial charge >= 0.3 is 12.0 Å². The number of benzene rings is 3. The number of aromatic nitrogens is 3. The predicted molar refractivity (Wildman–Crippen MR) is 296 cm³/mol. The number of amides is 3. The number of rotatable bonds is 13. The van der Waals surface area contributed by atoms with Gasteiger partial charge in [-0.2, -0.15) is 9.97 Å². The molecule has 7 fully saturated rings. The van der Waals surface area contributed by atoms with Gasteiger partial charge in [0.25, 0.3) is 5.91 Å². The van der Waals surface area contributed by atoms with Crippen LogP contribution in [-0.4, -0.2) is 144 Å². The first-order valence-corrected chi connectivity index (χ1v) is 28.8. The molecule has 3 amide bonds. The average molecular weight is 1060 g/mol. The first kappa shape index (κ1) is 51.2. The van der Waals surface area contributed by atoms with E-state index in [0.29, 0.717) is 65.2 Å². The minimum Gasteiger partial charge on any atom is -0.463 e. The first-order chi connectivity index (χ1) is 37.6. The number of piperazine rings is 2. The lowest BCUT2D eigenvalue weighted by Crippen LogP contribution is -2.53. The number of carbonyl (C=O) groups excluding carboxylic acids is 4. The topological polar surface area (TPSA) is 166 Å². The molecule has 3 atom stereocenters. The lowest BCUT2D eigenvalue weighted by molar-refractivity contribution is -0.143. The number of nitrogens with one attached hydrogen (secondary N) is 2. The number of aryl methyl sites for hydroxylation is 1. The molecule has 0 radical (unpaired) electrons. The van der Waals surface area contributed by atoms with Crippen LogP contribution in [0.5, 0.6) is 11.8 Å². The van der Waals surface area contributed by atoms with Crippen molar-refractivity contribution in [1.29, 1.82) is 0 Å². The molecular formula is C61H73FN10O6. The molecule has 5 saturated heterocycles. The van der Waals surface area contributed by atoms with Gasteiger partial charge in [-0.15, -0.1) is 0 Å². The van der Waals surface area contributed by atoms with Crippen LogP contribution in [0.4, 0.5) is 15.9 Å². The highest BCUT2D eigenvalue weighted by Crippen LogP contribution is 2.54. The van der Waals surface area contributed by atoms with Crippen molar-refractivity contribution < 1.29 is 33.0 Å².